The van der Waals surface area contributed by atoms with Gasteiger partial charge in [-0.05, 0) is 81.6 Å². The molecule has 0 aliphatic carbocycles. The minimum atomic E-state index is -0.731. The topological polar surface area (TPSA) is 115 Å². The van der Waals surface area contributed by atoms with Crippen LogP contribution in [0.15, 0.2) is 40.8 Å². The Hall–Kier alpha value is -3.69. The summed E-state index contributed by atoms with van der Waals surface area (Å²) in [5.41, 5.74) is 0.122. The second-order valence-corrected chi connectivity index (χ2v) is 9.90. The van der Waals surface area contributed by atoms with E-state index in [0.29, 0.717) is 23.6 Å². The molecule has 1 N–H and O–H groups in total. The molecule has 1 atom stereocenters. The number of nitrogens with zero attached hydrogens (tertiary/aromatic N) is 5. The molecule has 3 rings (SSSR count). The van der Waals surface area contributed by atoms with Gasteiger partial charge in [-0.1, -0.05) is 13.8 Å². The lowest BCUT2D eigenvalue weighted by Gasteiger charge is -2.34. The van der Waals surface area contributed by atoms with Gasteiger partial charge in [0.05, 0.1) is 7.11 Å². The standard InChI is InChI=1S/C25H34N6O4/c1-16(2)14-20(24(33)26-25(4,5)6)31(18-9-11-19(34-7)12-10-18)22(32)15-30-28-23(27-29-30)21-13-8-17(3)35-21/h8-13,16,20H,14-15H2,1-7H3,(H,26,33)/t20-/m1/s1. The molecule has 0 radical (unpaired) electrons. The monoisotopic (exact) mass is 482 g/mol. The number of amides is 2. The van der Waals surface area contributed by atoms with Crippen molar-refractivity contribution in [1.29, 1.82) is 0 Å². The van der Waals surface area contributed by atoms with Crippen molar-refractivity contribution < 1.29 is 18.7 Å². The lowest BCUT2D eigenvalue weighted by atomic mass is 9.99. The molecule has 0 bridgehead atoms. The molecule has 0 saturated carbocycles. The molecule has 3 aromatic rings. The highest BCUT2D eigenvalue weighted by molar-refractivity contribution is 6.00. The van der Waals surface area contributed by atoms with Gasteiger partial charge in [-0.25, -0.2) is 0 Å². The Labute approximate surface area is 205 Å². The van der Waals surface area contributed by atoms with Crippen molar-refractivity contribution in [3.63, 3.8) is 0 Å². The quantitative estimate of drug-likeness (QED) is 0.495. The van der Waals surface area contributed by atoms with E-state index >= 15 is 0 Å². The summed E-state index contributed by atoms with van der Waals surface area (Å²) >= 11 is 0. The van der Waals surface area contributed by atoms with Gasteiger partial charge in [0, 0.05) is 11.2 Å². The Bertz CT molecular complexity index is 1140. The van der Waals surface area contributed by atoms with Crippen LogP contribution in [-0.2, 0) is 16.1 Å². The molecule has 0 aliphatic rings. The third kappa shape index (κ3) is 6.91. The number of furan rings is 1. The summed E-state index contributed by atoms with van der Waals surface area (Å²) in [7, 11) is 1.57. The number of tetrazole rings is 1. The fraction of sp³-hybridized carbons (Fsp3) is 0.480. The molecule has 188 valence electrons. The molecular formula is C25H34N6O4. The van der Waals surface area contributed by atoms with Crippen LogP contribution in [0.5, 0.6) is 5.75 Å². The zero-order valence-corrected chi connectivity index (χ0v) is 21.4. The van der Waals surface area contributed by atoms with Gasteiger partial charge in [-0.3, -0.25) is 14.5 Å². The van der Waals surface area contributed by atoms with Crippen molar-refractivity contribution in [1.82, 2.24) is 25.5 Å². The van der Waals surface area contributed by atoms with E-state index in [9.17, 15) is 9.59 Å². The van der Waals surface area contributed by atoms with Crippen molar-refractivity contribution in [2.24, 2.45) is 5.92 Å². The second kappa shape index (κ2) is 10.7. The minimum Gasteiger partial charge on any atom is -0.497 e. The number of ether oxygens (including phenoxy) is 1. The van der Waals surface area contributed by atoms with Gasteiger partial charge in [0.2, 0.25) is 11.7 Å². The number of methoxy groups -OCH3 is 1. The maximum absolute atomic E-state index is 13.7. The maximum Gasteiger partial charge on any atom is 0.251 e. The summed E-state index contributed by atoms with van der Waals surface area (Å²) < 4.78 is 10.8. The summed E-state index contributed by atoms with van der Waals surface area (Å²) in [6.45, 7) is 11.4. The number of aryl methyl sites for hydroxylation is 1. The highest BCUT2D eigenvalue weighted by Crippen LogP contribution is 2.25. The normalized spacial score (nSPS) is 12.5. The van der Waals surface area contributed by atoms with Crippen LogP contribution in [0, 0.1) is 12.8 Å². The van der Waals surface area contributed by atoms with Crippen LogP contribution in [-0.4, -0.2) is 50.7 Å². The number of anilines is 1. The van der Waals surface area contributed by atoms with E-state index in [1.807, 2.05) is 41.5 Å². The molecule has 1 aromatic carbocycles. The molecule has 0 aliphatic heterocycles. The van der Waals surface area contributed by atoms with Crippen LogP contribution in [0.25, 0.3) is 11.6 Å². The van der Waals surface area contributed by atoms with E-state index in [2.05, 4.69) is 20.7 Å². The Balaban J connectivity index is 1.95. The third-order valence-corrected chi connectivity index (χ3v) is 5.12. The number of benzene rings is 1. The van der Waals surface area contributed by atoms with Crippen molar-refractivity contribution in [2.75, 3.05) is 12.0 Å². The summed E-state index contributed by atoms with van der Waals surface area (Å²) in [5, 5.41) is 15.3. The highest BCUT2D eigenvalue weighted by Gasteiger charge is 2.34. The van der Waals surface area contributed by atoms with Gasteiger partial charge in [0.15, 0.2) is 5.76 Å². The SMILES string of the molecule is COc1ccc(N(C(=O)Cn2nnc(-c3ccc(C)o3)n2)[C@H](CC(C)C)C(=O)NC(C)(C)C)cc1. The Morgan fingerprint density at radius 1 is 1.14 bits per heavy atom. The molecule has 2 heterocycles. The fourth-order valence-electron chi connectivity index (χ4n) is 3.63. The lowest BCUT2D eigenvalue weighted by molar-refractivity contribution is -0.128. The van der Waals surface area contributed by atoms with E-state index in [1.54, 1.807) is 43.5 Å². The van der Waals surface area contributed by atoms with Crippen LogP contribution in [0.3, 0.4) is 0 Å². The highest BCUT2D eigenvalue weighted by atomic mass is 16.5. The largest absolute Gasteiger partial charge is 0.497 e. The number of carbonyl (C=O) groups is 2. The van der Waals surface area contributed by atoms with Crippen LogP contribution in [0.4, 0.5) is 5.69 Å². The first-order valence-electron chi connectivity index (χ1n) is 11.6. The molecule has 0 saturated heterocycles. The number of hydrogen-bond donors (Lipinski definition) is 1. The van der Waals surface area contributed by atoms with Gasteiger partial charge < -0.3 is 14.5 Å². The van der Waals surface area contributed by atoms with Crippen molar-refractivity contribution in [3.05, 3.63) is 42.2 Å². The summed E-state index contributed by atoms with van der Waals surface area (Å²) in [6.07, 6.45) is 0.474. The van der Waals surface area contributed by atoms with Gasteiger partial charge in [-0.2, -0.15) is 4.80 Å². The molecule has 2 amide bonds. The molecule has 0 spiro atoms. The molecule has 0 fully saturated rings. The zero-order chi connectivity index (χ0) is 25.8. The molecular weight excluding hydrogens is 448 g/mol. The van der Waals surface area contributed by atoms with Crippen molar-refractivity contribution >= 4 is 17.5 Å². The first-order valence-corrected chi connectivity index (χ1v) is 11.6. The van der Waals surface area contributed by atoms with E-state index in [1.165, 1.54) is 9.70 Å². The average Bonchev–Trinajstić information content (AvgIpc) is 3.41. The smallest absolute Gasteiger partial charge is 0.251 e. The zero-order valence-electron chi connectivity index (χ0n) is 21.4. The molecule has 2 aromatic heterocycles. The third-order valence-electron chi connectivity index (χ3n) is 5.12. The average molecular weight is 483 g/mol. The molecule has 10 nitrogen and oxygen atoms in total. The van der Waals surface area contributed by atoms with Crippen LogP contribution >= 0.6 is 0 Å². The Kier molecular flexibility index (Phi) is 7.93. The van der Waals surface area contributed by atoms with Gasteiger partial charge in [-0.15, -0.1) is 10.2 Å². The van der Waals surface area contributed by atoms with E-state index < -0.39 is 11.6 Å². The van der Waals surface area contributed by atoms with Gasteiger partial charge >= 0.3 is 0 Å². The lowest BCUT2D eigenvalue weighted by Crippen LogP contribution is -2.55. The minimum absolute atomic E-state index is 0.164. The Morgan fingerprint density at radius 2 is 1.83 bits per heavy atom. The first-order chi connectivity index (χ1) is 16.5. The predicted octanol–water partition coefficient (Wildman–Crippen LogP) is 3.61. The number of aromatic nitrogens is 4. The fourth-order valence-corrected chi connectivity index (χ4v) is 3.63. The van der Waals surface area contributed by atoms with E-state index in [4.69, 9.17) is 9.15 Å². The first kappa shape index (κ1) is 25.9. The predicted molar refractivity (Wildman–Crippen MR) is 132 cm³/mol. The summed E-state index contributed by atoms with van der Waals surface area (Å²) in [6, 6.07) is 9.87. The summed E-state index contributed by atoms with van der Waals surface area (Å²) in [4.78, 5) is 29.8. The van der Waals surface area contributed by atoms with Gasteiger partial charge in [0.1, 0.15) is 24.1 Å². The van der Waals surface area contributed by atoms with Crippen LogP contribution in [0.2, 0.25) is 0 Å². The maximum atomic E-state index is 13.7. The molecule has 35 heavy (non-hydrogen) atoms. The van der Waals surface area contributed by atoms with Crippen molar-refractivity contribution in [3.8, 4) is 17.3 Å². The molecule has 0 unspecified atom stereocenters. The second-order valence-electron chi connectivity index (χ2n) is 9.90. The van der Waals surface area contributed by atoms with E-state index in [0.717, 1.165) is 5.76 Å². The Morgan fingerprint density at radius 3 is 2.37 bits per heavy atom. The van der Waals surface area contributed by atoms with Crippen molar-refractivity contribution in [2.45, 2.75) is 66.1 Å². The number of nitrogens with one attached hydrogen (secondary N) is 1. The van der Waals surface area contributed by atoms with Crippen LogP contribution in [0.1, 0.15) is 46.8 Å². The van der Waals surface area contributed by atoms with Gasteiger partial charge in [0.25, 0.3) is 5.91 Å². The number of carbonyl (C=O) groups excluding carboxylic acids is 2. The van der Waals surface area contributed by atoms with E-state index in [-0.39, 0.29) is 30.1 Å². The molecule has 10 heteroatoms. The number of hydrogen-bond acceptors (Lipinski definition) is 7. The van der Waals surface area contributed by atoms with Crippen LogP contribution < -0.4 is 15.0 Å². The summed E-state index contributed by atoms with van der Waals surface area (Å²) in [5.74, 6) is 1.72. The number of rotatable bonds is 9.